The van der Waals surface area contributed by atoms with E-state index in [1.165, 1.54) is 11.8 Å². The van der Waals surface area contributed by atoms with Gasteiger partial charge in [0.05, 0.1) is 6.61 Å². The Bertz CT molecular complexity index is 421. The summed E-state index contributed by atoms with van der Waals surface area (Å²) in [4.78, 5) is 3.58. The largest absolute Gasteiger partial charge is 0.493 e. The van der Waals surface area contributed by atoms with Crippen LogP contribution in [0.3, 0.4) is 0 Å². The third-order valence-corrected chi connectivity index (χ3v) is 2.59. The molecule has 0 aliphatic heterocycles. The van der Waals surface area contributed by atoms with Crippen LogP contribution >= 0.6 is 23.4 Å². The van der Waals surface area contributed by atoms with E-state index < -0.39 is 0 Å². The Morgan fingerprint density at radius 2 is 2.24 bits per heavy atom. The van der Waals surface area contributed by atoms with Gasteiger partial charge in [-0.3, -0.25) is 5.41 Å². The fraction of sp³-hybridized carbons (Fsp3) is 0.200. The summed E-state index contributed by atoms with van der Waals surface area (Å²) >= 11 is 7.01. The normalized spacial score (nSPS) is 9.71. The number of rotatable bonds is 4. The fourth-order valence-corrected chi connectivity index (χ4v) is 1.71. The van der Waals surface area contributed by atoms with Crippen LogP contribution in [0, 0.1) is 5.41 Å². The van der Waals surface area contributed by atoms with E-state index in [9.17, 15) is 0 Å². The first kappa shape index (κ1) is 13.7. The first-order valence-electron chi connectivity index (χ1n) is 4.77. The average Bonchev–Trinajstić information content (AvgIpc) is 2.23. The molecule has 0 unspecified atom stereocenters. The monoisotopic (exact) mass is 272 g/mol. The number of amidine groups is 1. The Balaban J connectivity index is 2.25. The van der Waals surface area contributed by atoms with E-state index >= 15 is 0 Å². The van der Waals surface area contributed by atoms with Crippen LogP contribution in [0.1, 0.15) is 0 Å². The molecule has 1 aromatic rings. The number of benzene rings is 1. The van der Waals surface area contributed by atoms with Gasteiger partial charge in [-0.25, -0.2) is 0 Å². The Kier molecular flexibility index (Phi) is 5.65. The van der Waals surface area contributed by atoms with Gasteiger partial charge in [0.25, 0.3) is 0 Å². The summed E-state index contributed by atoms with van der Waals surface area (Å²) < 4.78 is 5.43. The van der Waals surface area contributed by atoms with Gasteiger partial charge in [0.15, 0.2) is 11.1 Å². The van der Waals surface area contributed by atoms with Gasteiger partial charge in [-0.15, -0.1) is 0 Å². The molecule has 0 amide bonds. The Hall–Kier alpha value is -1.40. The molecule has 0 aliphatic rings. The van der Waals surface area contributed by atoms with Gasteiger partial charge in [-0.1, -0.05) is 29.4 Å². The molecule has 5 nitrogen and oxygen atoms in total. The predicted molar refractivity (Wildman–Crippen MR) is 72.9 cm³/mol. The molecule has 0 saturated carbocycles. The molecule has 1 rings (SSSR count). The molecule has 0 spiro atoms. The highest BCUT2D eigenvalue weighted by atomic mass is 35.5. The van der Waals surface area contributed by atoms with Gasteiger partial charge >= 0.3 is 0 Å². The summed E-state index contributed by atoms with van der Waals surface area (Å²) in [5, 5.41) is 8.07. The summed E-state index contributed by atoms with van der Waals surface area (Å²) in [7, 11) is 0. The molecule has 0 fully saturated rings. The van der Waals surface area contributed by atoms with Crippen molar-refractivity contribution in [2.45, 2.75) is 0 Å². The zero-order valence-electron chi connectivity index (χ0n) is 9.02. The Morgan fingerprint density at radius 3 is 2.88 bits per heavy atom. The summed E-state index contributed by atoms with van der Waals surface area (Å²) in [6.45, 7) is 0.452. The van der Waals surface area contributed by atoms with Crippen molar-refractivity contribution < 1.29 is 4.74 Å². The zero-order valence-corrected chi connectivity index (χ0v) is 10.6. The number of halogens is 1. The number of aliphatic imine (C=N–C) groups is 1. The second kappa shape index (κ2) is 7.03. The van der Waals surface area contributed by atoms with E-state index in [1.807, 2.05) is 12.1 Å². The summed E-state index contributed by atoms with van der Waals surface area (Å²) in [6, 6.07) is 7.13. The van der Waals surface area contributed by atoms with Gasteiger partial charge in [-0.2, -0.15) is 4.99 Å². The topological polar surface area (TPSA) is 97.5 Å². The first-order chi connectivity index (χ1) is 8.08. The summed E-state index contributed by atoms with van der Waals surface area (Å²) in [5.41, 5.74) is 10.3. The van der Waals surface area contributed by atoms with E-state index in [0.717, 1.165) is 0 Å². The van der Waals surface area contributed by atoms with Gasteiger partial charge < -0.3 is 16.2 Å². The molecule has 5 N–H and O–H groups in total. The van der Waals surface area contributed by atoms with Crippen molar-refractivity contribution in [1.82, 2.24) is 0 Å². The number of hydrogen-bond donors (Lipinski definition) is 3. The maximum absolute atomic E-state index is 7.38. The van der Waals surface area contributed by atoms with Crippen LogP contribution in [0.25, 0.3) is 0 Å². The van der Waals surface area contributed by atoms with Crippen molar-refractivity contribution >= 4 is 34.5 Å². The molecule has 0 saturated heterocycles. The van der Waals surface area contributed by atoms with Gasteiger partial charge in [0.1, 0.15) is 5.75 Å². The zero-order chi connectivity index (χ0) is 12.7. The first-order valence-corrected chi connectivity index (χ1v) is 6.13. The quantitative estimate of drug-likeness (QED) is 0.441. The van der Waals surface area contributed by atoms with E-state index in [1.54, 1.807) is 12.1 Å². The van der Waals surface area contributed by atoms with Gasteiger partial charge in [-0.05, 0) is 18.2 Å². The number of hydrogen-bond acceptors (Lipinski definition) is 3. The molecule has 92 valence electrons. The Labute approximate surface area is 109 Å². The third kappa shape index (κ3) is 6.03. The number of nitrogens with zero attached hydrogens (tertiary/aromatic N) is 1. The number of guanidine groups is 1. The molecule has 0 atom stereocenters. The van der Waals surface area contributed by atoms with Crippen LogP contribution in [0.5, 0.6) is 5.75 Å². The van der Waals surface area contributed by atoms with Crippen molar-refractivity contribution in [1.29, 1.82) is 5.41 Å². The van der Waals surface area contributed by atoms with E-state index in [0.29, 0.717) is 23.1 Å². The molecule has 0 heterocycles. The third-order valence-electron chi connectivity index (χ3n) is 1.62. The molecule has 0 radical (unpaired) electrons. The van der Waals surface area contributed by atoms with Crippen molar-refractivity contribution in [2.24, 2.45) is 16.5 Å². The van der Waals surface area contributed by atoms with Gasteiger partial charge in [0, 0.05) is 10.8 Å². The highest BCUT2D eigenvalue weighted by molar-refractivity contribution is 8.13. The molecular formula is C10H13ClN4OS. The molecular weight excluding hydrogens is 260 g/mol. The van der Waals surface area contributed by atoms with Crippen LogP contribution in [-0.2, 0) is 0 Å². The lowest BCUT2D eigenvalue weighted by Crippen LogP contribution is -2.23. The minimum Gasteiger partial charge on any atom is -0.493 e. The average molecular weight is 273 g/mol. The highest BCUT2D eigenvalue weighted by Gasteiger charge is 1.98. The lowest BCUT2D eigenvalue weighted by atomic mass is 10.3. The maximum atomic E-state index is 7.38. The molecule has 7 heteroatoms. The van der Waals surface area contributed by atoms with Crippen LogP contribution < -0.4 is 16.2 Å². The number of ether oxygens (including phenoxy) is 1. The number of thioether (sulfide) groups is 1. The lowest BCUT2D eigenvalue weighted by molar-refractivity contribution is 0.344. The minimum atomic E-state index is -0.113. The fourth-order valence-electron chi connectivity index (χ4n) is 1.00. The van der Waals surface area contributed by atoms with Crippen LogP contribution in [0.15, 0.2) is 29.3 Å². The maximum Gasteiger partial charge on any atom is 0.193 e. The Morgan fingerprint density at radius 1 is 1.47 bits per heavy atom. The molecule has 0 bridgehead atoms. The standard InChI is InChI=1S/C10H13ClN4OS/c11-7-2-1-3-8(6-7)16-4-5-17-10(14)15-9(12)13/h1-3,6H,4-5H2,(H5,12,13,14,15). The van der Waals surface area contributed by atoms with Crippen LogP contribution in [-0.4, -0.2) is 23.5 Å². The molecule has 0 aromatic heterocycles. The van der Waals surface area contributed by atoms with Crippen molar-refractivity contribution in [3.63, 3.8) is 0 Å². The van der Waals surface area contributed by atoms with E-state index in [2.05, 4.69) is 4.99 Å². The van der Waals surface area contributed by atoms with Crippen LogP contribution in [0.4, 0.5) is 0 Å². The minimum absolute atomic E-state index is 0.0692. The number of nitrogens with two attached hydrogens (primary N) is 2. The number of nitrogens with one attached hydrogen (secondary N) is 1. The molecule has 0 aliphatic carbocycles. The highest BCUT2D eigenvalue weighted by Crippen LogP contribution is 2.17. The second-order valence-corrected chi connectivity index (χ2v) is 4.52. The van der Waals surface area contributed by atoms with Crippen molar-refractivity contribution in [2.75, 3.05) is 12.4 Å². The van der Waals surface area contributed by atoms with Gasteiger partial charge in [0.2, 0.25) is 0 Å². The van der Waals surface area contributed by atoms with Crippen molar-refractivity contribution in [3.05, 3.63) is 29.3 Å². The van der Waals surface area contributed by atoms with E-state index in [4.69, 9.17) is 33.2 Å². The predicted octanol–water partition coefficient (Wildman–Crippen LogP) is 1.66. The second-order valence-electron chi connectivity index (χ2n) is 3.00. The van der Waals surface area contributed by atoms with E-state index in [-0.39, 0.29) is 11.1 Å². The summed E-state index contributed by atoms with van der Waals surface area (Å²) in [6.07, 6.45) is 0. The lowest BCUT2D eigenvalue weighted by Gasteiger charge is -2.05. The SMILES string of the molecule is N=C(N=C(N)N)SCCOc1cccc(Cl)c1. The molecule has 17 heavy (non-hydrogen) atoms. The van der Waals surface area contributed by atoms with Crippen LogP contribution in [0.2, 0.25) is 5.02 Å². The van der Waals surface area contributed by atoms with Crippen molar-refractivity contribution in [3.8, 4) is 5.75 Å². The molecule has 1 aromatic carbocycles. The smallest absolute Gasteiger partial charge is 0.193 e. The summed E-state index contributed by atoms with van der Waals surface area (Å²) in [5.74, 6) is 1.17.